The molecule has 176 valence electrons. The summed E-state index contributed by atoms with van der Waals surface area (Å²) in [7, 11) is 1.50. The minimum atomic E-state index is -0.586. The lowest BCUT2D eigenvalue weighted by molar-refractivity contribution is -0.153. The van der Waals surface area contributed by atoms with E-state index >= 15 is 0 Å². The first-order valence-corrected chi connectivity index (χ1v) is 11.5. The Kier molecular flexibility index (Phi) is 8.42. The summed E-state index contributed by atoms with van der Waals surface area (Å²) in [4.78, 5) is 51.4. The molecule has 3 rings (SSSR count). The molecule has 1 aliphatic rings. The topological polar surface area (TPSA) is 114 Å². The van der Waals surface area contributed by atoms with Gasteiger partial charge in [-0.05, 0) is 48.9 Å². The van der Waals surface area contributed by atoms with Gasteiger partial charge in [0, 0.05) is 13.1 Å². The fourth-order valence-electron chi connectivity index (χ4n) is 3.51. The van der Waals surface area contributed by atoms with Crippen LogP contribution in [0.1, 0.15) is 28.1 Å². The number of nitrogens with one attached hydrogen (secondary N) is 2. The maximum atomic E-state index is 12.5. The number of nitrogens with zero attached hydrogens (tertiary/aromatic N) is 1. The predicted octanol–water partition coefficient (Wildman–Crippen LogP) is 2.22. The van der Waals surface area contributed by atoms with Gasteiger partial charge in [0.1, 0.15) is 5.75 Å². The number of aryl methyl sites for hydroxylation is 1. The summed E-state index contributed by atoms with van der Waals surface area (Å²) in [5.74, 6) is -1.62. The second-order valence-electron chi connectivity index (χ2n) is 7.70. The SMILES string of the molecule is COc1ccc(C)cc1NC(=O)CNC(=O)COC(=O)C1CCCN(C(=O)c2cccs2)C1. The van der Waals surface area contributed by atoms with Gasteiger partial charge in [0.2, 0.25) is 5.91 Å². The van der Waals surface area contributed by atoms with Crippen molar-refractivity contribution in [1.29, 1.82) is 0 Å². The van der Waals surface area contributed by atoms with E-state index in [9.17, 15) is 19.2 Å². The van der Waals surface area contributed by atoms with E-state index in [1.165, 1.54) is 18.4 Å². The zero-order valence-electron chi connectivity index (χ0n) is 18.6. The van der Waals surface area contributed by atoms with E-state index in [0.717, 1.165) is 5.56 Å². The average molecular weight is 474 g/mol. The van der Waals surface area contributed by atoms with E-state index in [-0.39, 0.29) is 19.0 Å². The molecule has 1 saturated heterocycles. The lowest BCUT2D eigenvalue weighted by atomic mass is 9.98. The molecule has 2 N–H and O–H groups in total. The van der Waals surface area contributed by atoms with Gasteiger partial charge in [-0.2, -0.15) is 0 Å². The van der Waals surface area contributed by atoms with Crippen molar-refractivity contribution >= 4 is 40.7 Å². The second-order valence-corrected chi connectivity index (χ2v) is 8.65. The fraction of sp³-hybridized carbons (Fsp3) is 0.391. The molecule has 1 unspecified atom stereocenters. The number of esters is 1. The van der Waals surface area contributed by atoms with E-state index < -0.39 is 30.3 Å². The van der Waals surface area contributed by atoms with Crippen LogP contribution >= 0.6 is 11.3 Å². The number of carbonyl (C=O) groups excluding carboxylic acids is 4. The van der Waals surface area contributed by atoms with Crippen LogP contribution in [0.15, 0.2) is 35.7 Å². The van der Waals surface area contributed by atoms with Crippen LogP contribution in [0.4, 0.5) is 5.69 Å². The molecule has 0 aliphatic carbocycles. The Labute approximate surface area is 196 Å². The van der Waals surface area contributed by atoms with Gasteiger partial charge in [-0.3, -0.25) is 19.2 Å². The van der Waals surface area contributed by atoms with Crippen LogP contribution in [0.2, 0.25) is 0 Å². The van der Waals surface area contributed by atoms with Crippen LogP contribution in [0.25, 0.3) is 0 Å². The van der Waals surface area contributed by atoms with Gasteiger partial charge in [-0.15, -0.1) is 11.3 Å². The molecule has 10 heteroatoms. The molecular formula is C23H27N3O6S. The first-order valence-electron chi connectivity index (χ1n) is 10.6. The van der Waals surface area contributed by atoms with E-state index in [0.29, 0.717) is 35.7 Å². The number of amides is 3. The number of benzene rings is 1. The van der Waals surface area contributed by atoms with Gasteiger partial charge < -0.3 is 25.0 Å². The van der Waals surface area contributed by atoms with Crippen molar-refractivity contribution in [2.24, 2.45) is 5.92 Å². The molecule has 0 spiro atoms. The largest absolute Gasteiger partial charge is 0.495 e. The third kappa shape index (κ3) is 6.79. The highest BCUT2D eigenvalue weighted by molar-refractivity contribution is 7.12. The molecule has 9 nitrogen and oxygen atoms in total. The van der Waals surface area contributed by atoms with E-state index in [1.54, 1.807) is 23.1 Å². The average Bonchev–Trinajstić information content (AvgIpc) is 3.36. The van der Waals surface area contributed by atoms with Gasteiger partial charge in [0.25, 0.3) is 11.8 Å². The summed E-state index contributed by atoms with van der Waals surface area (Å²) in [5.41, 5.74) is 1.45. The van der Waals surface area contributed by atoms with Crippen molar-refractivity contribution in [3.63, 3.8) is 0 Å². The van der Waals surface area contributed by atoms with Crippen LogP contribution in [0.5, 0.6) is 5.75 Å². The highest BCUT2D eigenvalue weighted by Crippen LogP contribution is 2.25. The van der Waals surface area contributed by atoms with Crippen LogP contribution in [-0.4, -0.2) is 61.9 Å². The van der Waals surface area contributed by atoms with Crippen LogP contribution in [-0.2, 0) is 19.1 Å². The molecule has 0 bridgehead atoms. The summed E-state index contributed by atoms with van der Waals surface area (Å²) in [6.07, 6.45) is 1.28. The Morgan fingerprint density at radius 3 is 2.73 bits per heavy atom. The van der Waals surface area contributed by atoms with Crippen molar-refractivity contribution in [3.8, 4) is 5.75 Å². The molecule has 33 heavy (non-hydrogen) atoms. The summed E-state index contributed by atoms with van der Waals surface area (Å²) < 4.78 is 10.3. The molecule has 3 amide bonds. The molecule has 2 heterocycles. The monoisotopic (exact) mass is 473 g/mol. The van der Waals surface area contributed by atoms with E-state index in [1.807, 2.05) is 24.4 Å². The fourth-order valence-corrected chi connectivity index (χ4v) is 4.20. The Hall–Kier alpha value is -3.40. The smallest absolute Gasteiger partial charge is 0.311 e. The molecule has 0 radical (unpaired) electrons. The number of methoxy groups -OCH3 is 1. The van der Waals surface area contributed by atoms with E-state index in [2.05, 4.69) is 10.6 Å². The number of anilines is 1. The standard InChI is InChI=1S/C23H27N3O6S/c1-15-7-8-18(31-2)17(11-15)25-20(27)12-24-21(28)14-32-23(30)16-5-3-9-26(13-16)22(29)19-6-4-10-33-19/h4,6-8,10-11,16H,3,5,9,12-14H2,1-2H3,(H,24,28)(H,25,27). The van der Waals surface area contributed by atoms with E-state index in [4.69, 9.17) is 9.47 Å². The number of likely N-dealkylation sites (tertiary alicyclic amines) is 1. The van der Waals surface area contributed by atoms with Crippen molar-refractivity contribution in [3.05, 3.63) is 46.2 Å². The summed E-state index contributed by atoms with van der Waals surface area (Å²) in [6, 6.07) is 8.92. The minimum absolute atomic E-state index is 0.100. The number of carbonyl (C=O) groups is 4. The number of piperidine rings is 1. The molecule has 1 aliphatic heterocycles. The molecule has 1 atom stereocenters. The normalized spacial score (nSPS) is 15.5. The Balaban J connectivity index is 1.41. The first kappa shape index (κ1) is 24.2. The van der Waals surface area contributed by atoms with Crippen molar-refractivity contribution < 1.29 is 28.7 Å². The van der Waals surface area contributed by atoms with Gasteiger partial charge in [0.15, 0.2) is 6.61 Å². The van der Waals surface area contributed by atoms with Crippen LogP contribution < -0.4 is 15.4 Å². The Morgan fingerprint density at radius 1 is 1.18 bits per heavy atom. The molecular weight excluding hydrogens is 446 g/mol. The zero-order chi connectivity index (χ0) is 23.8. The molecule has 0 saturated carbocycles. The molecule has 1 aromatic heterocycles. The highest BCUT2D eigenvalue weighted by atomic mass is 32.1. The third-order valence-corrected chi connectivity index (χ3v) is 6.05. The van der Waals surface area contributed by atoms with Gasteiger partial charge >= 0.3 is 5.97 Å². The van der Waals surface area contributed by atoms with Gasteiger partial charge in [-0.25, -0.2) is 0 Å². The number of rotatable bonds is 8. The lowest BCUT2D eigenvalue weighted by Crippen LogP contribution is -2.43. The minimum Gasteiger partial charge on any atom is -0.495 e. The highest BCUT2D eigenvalue weighted by Gasteiger charge is 2.30. The number of ether oxygens (including phenoxy) is 2. The molecule has 1 fully saturated rings. The van der Waals surface area contributed by atoms with Crippen LogP contribution in [0.3, 0.4) is 0 Å². The predicted molar refractivity (Wildman–Crippen MR) is 123 cm³/mol. The zero-order valence-corrected chi connectivity index (χ0v) is 19.4. The van der Waals surface area contributed by atoms with Crippen molar-refractivity contribution in [2.75, 3.05) is 38.7 Å². The first-order chi connectivity index (χ1) is 15.9. The van der Waals surface area contributed by atoms with Gasteiger partial charge in [0.05, 0.1) is 30.1 Å². The lowest BCUT2D eigenvalue weighted by Gasteiger charge is -2.31. The summed E-state index contributed by atoms with van der Waals surface area (Å²) in [6.45, 7) is 1.96. The van der Waals surface area contributed by atoms with Crippen molar-refractivity contribution in [2.45, 2.75) is 19.8 Å². The number of hydrogen-bond donors (Lipinski definition) is 2. The maximum absolute atomic E-state index is 12.5. The molecule has 2 aromatic rings. The number of thiophene rings is 1. The summed E-state index contributed by atoms with van der Waals surface area (Å²) in [5, 5.41) is 6.94. The quantitative estimate of drug-likeness (QED) is 0.569. The van der Waals surface area contributed by atoms with Crippen molar-refractivity contribution in [1.82, 2.24) is 10.2 Å². The summed E-state index contributed by atoms with van der Waals surface area (Å²) >= 11 is 1.36. The third-order valence-electron chi connectivity index (χ3n) is 5.19. The Morgan fingerprint density at radius 2 is 2.00 bits per heavy atom. The van der Waals surface area contributed by atoms with Gasteiger partial charge in [-0.1, -0.05) is 12.1 Å². The van der Waals surface area contributed by atoms with Crippen LogP contribution in [0, 0.1) is 12.8 Å². The maximum Gasteiger partial charge on any atom is 0.311 e. The Bertz CT molecular complexity index is 1010. The molecule has 1 aromatic carbocycles. The second kappa shape index (κ2) is 11.5. The number of hydrogen-bond acceptors (Lipinski definition) is 7.